The molecule has 0 radical (unpaired) electrons. The number of amidine groups is 1. The van der Waals surface area contributed by atoms with Crippen molar-refractivity contribution in [3.8, 4) is 11.5 Å². The monoisotopic (exact) mass is 431 g/mol. The van der Waals surface area contributed by atoms with E-state index < -0.39 is 0 Å². The van der Waals surface area contributed by atoms with Crippen LogP contribution < -0.4 is 20.1 Å². The fourth-order valence-electron chi connectivity index (χ4n) is 3.15. The van der Waals surface area contributed by atoms with Crippen molar-refractivity contribution in [2.45, 2.75) is 19.3 Å². The minimum Gasteiger partial charge on any atom is -0.494 e. The SMILES string of the molecule is CN(C(=O)c1ccc(OCCCCCOc2ccc(C(=N)N)cc2)cc1)c1ccccc1. The normalized spacial score (nSPS) is 10.4. The number of nitrogens with zero attached hydrogens (tertiary/aromatic N) is 1. The third-order valence-electron chi connectivity index (χ3n) is 5.04. The van der Waals surface area contributed by atoms with Crippen LogP contribution in [0.5, 0.6) is 11.5 Å². The van der Waals surface area contributed by atoms with Crippen molar-refractivity contribution in [1.82, 2.24) is 0 Å². The molecule has 3 aromatic carbocycles. The molecule has 0 aliphatic rings. The maximum Gasteiger partial charge on any atom is 0.258 e. The van der Waals surface area contributed by atoms with Crippen LogP contribution in [0.1, 0.15) is 35.2 Å². The first-order valence-electron chi connectivity index (χ1n) is 10.7. The molecule has 0 aromatic heterocycles. The number of carbonyl (C=O) groups is 1. The van der Waals surface area contributed by atoms with Crippen LogP contribution >= 0.6 is 0 Å². The second-order valence-corrected chi connectivity index (χ2v) is 7.42. The topological polar surface area (TPSA) is 88.6 Å². The zero-order chi connectivity index (χ0) is 22.8. The lowest BCUT2D eigenvalue weighted by atomic mass is 10.2. The summed E-state index contributed by atoms with van der Waals surface area (Å²) in [5.74, 6) is 1.53. The van der Waals surface area contributed by atoms with Gasteiger partial charge in [0.2, 0.25) is 0 Å². The third-order valence-corrected chi connectivity index (χ3v) is 5.04. The number of hydrogen-bond acceptors (Lipinski definition) is 4. The van der Waals surface area contributed by atoms with Crippen molar-refractivity contribution in [3.05, 3.63) is 90.0 Å². The van der Waals surface area contributed by atoms with Gasteiger partial charge in [0.1, 0.15) is 17.3 Å². The zero-order valence-corrected chi connectivity index (χ0v) is 18.3. The molecule has 166 valence electrons. The molecule has 0 spiro atoms. The standard InChI is InChI=1S/C26H29N3O3/c1-29(22-8-4-2-5-9-22)26(30)21-12-16-24(17-13-21)32-19-7-3-6-18-31-23-14-10-20(11-15-23)25(27)28/h2,4-5,8-17H,3,6-7,18-19H2,1H3,(H3,27,28). The van der Waals surface area contributed by atoms with Crippen LogP contribution in [0.25, 0.3) is 0 Å². The number of rotatable bonds is 11. The van der Waals surface area contributed by atoms with Crippen molar-refractivity contribution in [2.24, 2.45) is 5.73 Å². The molecule has 32 heavy (non-hydrogen) atoms. The molecule has 3 aromatic rings. The van der Waals surface area contributed by atoms with E-state index in [1.165, 1.54) is 0 Å². The Balaban J connectivity index is 1.33. The van der Waals surface area contributed by atoms with Crippen molar-refractivity contribution >= 4 is 17.4 Å². The fraction of sp³-hybridized carbons (Fsp3) is 0.231. The number of benzene rings is 3. The van der Waals surface area contributed by atoms with Crippen molar-refractivity contribution in [2.75, 3.05) is 25.2 Å². The predicted octanol–water partition coefficient (Wildman–Crippen LogP) is 4.88. The van der Waals surface area contributed by atoms with Gasteiger partial charge in [0.05, 0.1) is 13.2 Å². The lowest BCUT2D eigenvalue weighted by Crippen LogP contribution is -2.25. The molecular weight excluding hydrogens is 402 g/mol. The molecule has 0 heterocycles. The first-order valence-corrected chi connectivity index (χ1v) is 10.7. The third kappa shape index (κ3) is 6.60. The van der Waals surface area contributed by atoms with E-state index in [0.29, 0.717) is 24.3 Å². The second-order valence-electron chi connectivity index (χ2n) is 7.42. The summed E-state index contributed by atoms with van der Waals surface area (Å²) in [6, 6.07) is 24.0. The van der Waals surface area contributed by atoms with Gasteiger partial charge in [0.25, 0.3) is 5.91 Å². The molecule has 1 amide bonds. The number of carbonyl (C=O) groups excluding carboxylic acids is 1. The molecule has 0 aliphatic carbocycles. The highest BCUT2D eigenvalue weighted by Gasteiger charge is 2.13. The Labute approximate surface area is 189 Å². The number of hydrogen-bond donors (Lipinski definition) is 2. The lowest BCUT2D eigenvalue weighted by molar-refractivity contribution is 0.0993. The molecule has 6 nitrogen and oxygen atoms in total. The fourth-order valence-corrected chi connectivity index (χ4v) is 3.15. The van der Waals surface area contributed by atoms with Gasteiger partial charge >= 0.3 is 0 Å². The summed E-state index contributed by atoms with van der Waals surface area (Å²) in [7, 11) is 1.77. The van der Waals surface area contributed by atoms with Crippen LogP contribution in [-0.2, 0) is 0 Å². The molecule has 6 heteroatoms. The number of amides is 1. The number of ether oxygens (including phenoxy) is 2. The maximum atomic E-state index is 12.6. The van der Waals surface area contributed by atoms with E-state index in [-0.39, 0.29) is 11.7 Å². The van der Waals surface area contributed by atoms with Crippen LogP contribution in [0.2, 0.25) is 0 Å². The molecule has 0 saturated heterocycles. The van der Waals surface area contributed by atoms with Crippen molar-refractivity contribution in [3.63, 3.8) is 0 Å². The van der Waals surface area contributed by atoms with Gasteiger partial charge < -0.3 is 20.1 Å². The van der Waals surface area contributed by atoms with Gasteiger partial charge in [0, 0.05) is 23.9 Å². The molecule has 3 N–H and O–H groups in total. The Hall–Kier alpha value is -3.80. The van der Waals surface area contributed by atoms with Crippen LogP contribution in [0.4, 0.5) is 5.69 Å². The predicted molar refractivity (Wildman–Crippen MR) is 128 cm³/mol. The summed E-state index contributed by atoms with van der Waals surface area (Å²) in [5.41, 5.74) is 7.61. The Bertz CT molecular complexity index is 1000. The first kappa shape index (κ1) is 22.9. The van der Waals surface area contributed by atoms with Gasteiger partial charge in [0.15, 0.2) is 0 Å². The summed E-state index contributed by atoms with van der Waals surface area (Å²) >= 11 is 0. The molecule has 3 rings (SSSR count). The average molecular weight is 432 g/mol. The summed E-state index contributed by atoms with van der Waals surface area (Å²) in [6.45, 7) is 1.25. The van der Waals surface area contributed by atoms with Gasteiger partial charge in [-0.1, -0.05) is 18.2 Å². The number of nitrogens with two attached hydrogens (primary N) is 1. The van der Waals surface area contributed by atoms with E-state index in [0.717, 1.165) is 36.4 Å². The second kappa shape index (κ2) is 11.6. The minimum atomic E-state index is -0.0568. The van der Waals surface area contributed by atoms with Crippen LogP contribution in [0, 0.1) is 5.41 Å². The van der Waals surface area contributed by atoms with Gasteiger partial charge in [-0.15, -0.1) is 0 Å². The Kier molecular flexibility index (Phi) is 8.26. The molecule has 0 bridgehead atoms. The van der Waals surface area contributed by atoms with Crippen LogP contribution in [0.15, 0.2) is 78.9 Å². The Morgan fingerprint density at radius 1 is 0.781 bits per heavy atom. The van der Waals surface area contributed by atoms with E-state index in [1.807, 2.05) is 54.6 Å². The van der Waals surface area contributed by atoms with Crippen LogP contribution in [0.3, 0.4) is 0 Å². The molecule has 0 unspecified atom stereocenters. The number of nitrogens with one attached hydrogen (secondary N) is 1. The van der Waals surface area contributed by atoms with Crippen LogP contribution in [-0.4, -0.2) is 32.0 Å². The van der Waals surface area contributed by atoms with Gasteiger partial charge in [-0.05, 0) is 79.9 Å². The van der Waals surface area contributed by atoms with E-state index in [2.05, 4.69) is 0 Å². The Morgan fingerprint density at radius 3 is 1.78 bits per heavy atom. The molecule has 0 atom stereocenters. The molecular formula is C26H29N3O3. The summed E-state index contributed by atoms with van der Waals surface area (Å²) < 4.78 is 11.5. The Morgan fingerprint density at radius 2 is 1.28 bits per heavy atom. The molecule has 0 fully saturated rings. The van der Waals surface area contributed by atoms with E-state index in [1.54, 1.807) is 36.2 Å². The largest absolute Gasteiger partial charge is 0.494 e. The maximum absolute atomic E-state index is 12.6. The average Bonchev–Trinajstić information content (AvgIpc) is 2.83. The zero-order valence-electron chi connectivity index (χ0n) is 18.3. The highest BCUT2D eigenvalue weighted by Crippen LogP contribution is 2.18. The van der Waals surface area contributed by atoms with Gasteiger partial charge in [-0.3, -0.25) is 10.2 Å². The van der Waals surface area contributed by atoms with Crippen molar-refractivity contribution < 1.29 is 14.3 Å². The number of nitrogen functional groups attached to an aromatic ring is 1. The quantitative estimate of drug-likeness (QED) is 0.257. The number of anilines is 1. The number of unbranched alkanes of at least 4 members (excludes halogenated alkanes) is 2. The minimum absolute atomic E-state index is 0.0531. The summed E-state index contributed by atoms with van der Waals surface area (Å²) in [6.07, 6.45) is 2.84. The molecule has 0 aliphatic heterocycles. The number of para-hydroxylation sites is 1. The highest BCUT2D eigenvalue weighted by atomic mass is 16.5. The van der Waals surface area contributed by atoms with Gasteiger partial charge in [-0.25, -0.2) is 0 Å². The smallest absolute Gasteiger partial charge is 0.258 e. The lowest BCUT2D eigenvalue weighted by Gasteiger charge is -2.17. The highest BCUT2D eigenvalue weighted by molar-refractivity contribution is 6.05. The van der Waals surface area contributed by atoms with Crippen molar-refractivity contribution in [1.29, 1.82) is 5.41 Å². The molecule has 0 saturated carbocycles. The van der Waals surface area contributed by atoms with Gasteiger partial charge in [-0.2, -0.15) is 0 Å². The summed E-state index contributed by atoms with van der Waals surface area (Å²) in [5, 5.41) is 7.39. The van der Waals surface area contributed by atoms with E-state index in [9.17, 15) is 4.79 Å². The van der Waals surface area contributed by atoms with E-state index >= 15 is 0 Å². The summed E-state index contributed by atoms with van der Waals surface area (Å²) in [4.78, 5) is 14.3. The van der Waals surface area contributed by atoms with E-state index in [4.69, 9.17) is 20.6 Å². The first-order chi connectivity index (χ1) is 15.5.